The molecule has 0 atom stereocenters. The Balaban J connectivity index is 1.75. The molecule has 0 fully saturated rings. The molecule has 0 spiro atoms. The summed E-state index contributed by atoms with van der Waals surface area (Å²) in [4.78, 5) is -0.0837. The molecule has 0 aromatic heterocycles. The average molecular weight is 435 g/mol. The Hall–Kier alpha value is -1.59. The molecule has 168 valence electrons. The van der Waals surface area contributed by atoms with Crippen molar-refractivity contribution in [3.8, 4) is 5.75 Å². The lowest BCUT2D eigenvalue weighted by Crippen LogP contribution is -1.98. The van der Waals surface area contributed by atoms with E-state index in [2.05, 4.69) is 6.92 Å². The zero-order valence-corrected chi connectivity index (χ0v) is 19.5. The van der Waals surface area contributed by atoms with Crippen LogP contribution >= 0.6 is 0 Å². The van der Waals surface area contributed by atoms with Crippen molar-refractivity contribution in [3.05, 3.63) is 35.9 Å². The predicted octanol–water partition coefficient (Wildman–Crippen LogP) is 7.34. The number of rotatable bonds is 15. The van der Waals surface area contributed by atoms with Gasteiger partial charge in [-0.2, -0.15) is 8.42 Å². The zero-order valence-electron chi connectivity index (χ0n) is 18.7. The number of fused-ring (bicyclic) bond motifs is 1. The number of ether oxygens (including phenoxy) is 1. The highest BCUT2D eigenvalue weighted by Gasteiger charge is 2.12. The number of methoxy groups -OCH3 is 1. The highest BCUT2D eigenvalue weighted by molar-refractivity contribution is 7.85. The maximum absolute atomic E-state index is 11.4. The molecule has 0 unspecified atom stereocenters. The number of unbranched alkanes of at least 4 members (excludes halogenated alkanes) is 11. The summed E-state index contributed by atoms with van der Waals surface area (Å²) in [5.74, 6) is 0.739. The quantitative estimate of drug-likeness (QED) is 0.235. The van der Waals surface area contributed by atoms with E-state index in [9.17, 15) is 13.0 Å². The normalized spacial score (nSPS) is 11.8. The largest absolute Gasteiger partial charge is 0.496 e. The Kier molecular flexibility index (Phi) is 10.7. The van der Waals surface area contributed by atoms with Crippen LogP contribution in [0.1, 0.15) is 89.5 Å². The molecule has 5 heteroatoms. The first-order chi connectivity index (χ1) is 14.5. The lowest BCUT2D eigenvalue weighted by atomic mass is 10.0. The standard InChI is InChI=1S/C25H38O4S/c1-3-4-5-6-7-8-9-10-11-12-13-14-15-21-18-22-20-23(30(26,27)28)16-17-24(22)25(19-21)29-2/h16-20H,3-15H2,1-2H3,(H,26,27,28). The highest BCUT2D eigenvalue weighted by atomic mass is 32.2. The fraction of sp³-hybridized carbons (Fsp3) is 0.600. The molecule has 0 heterocycles. The molecule has 0 radical (unpaired) electrons. The van der Waals surface area contributed by atoms with Gasteiger partial charge >= 0.3 is 0 Å². The van der Waals surface area contributed by atoms with Crippen molar-refractivity contribution >= 4 is 20.9 Å². The molecule has 1 N–H and O–H groups in total. The van der Waals surface area contributed by atoms with Crippen molar-refractivity contribution in [2.45, 2.75) is 95.3 Å². The van der Waals surface area contributed by atoms with Crippen molar-refractivity contribution < 1.29 is 17.7 Å². The molecule has 0 saturated carbocycles. The molecule has 4 nitrogen and oxygen atoms in total. The zero-order chi connectivity index (χ0) is 21.8. The number of benzene rings is 2. The summed E-state index contributed by atoms with van der Waals surface area (Å²) in [6.45, 7) is 2.26. The summed E-state index contributed by atoms with van der Waals surface area (Å²) >= 11 is 0. The molecule has 0 aliphatic rings. The maximum Gasteiger partial charge on any atom is 0.294 e. The molecule has 0 bridgehead atoms. The second-order valence-corrected chi connectivity index (χ2v) is 9.72. The van der Waals surface area contributed by atoms with Gasteiger partial charge in [-0.05, 0) is 48.1 Å². The molecule has 0 amide bonds. The average Bonchev–Trinajstić information content (AvgIpc) is 2.72. The van der Waals surface area contributed by atoms with Crippen LogP contribution in [0.4, 0.5) is 0 Å². The molecular formula is C25H38O4S. The van der Waals surface area contributed by atoms with Gasteiger partial charge in [-0.1, -0.05) is 83.6 Å². The minimum atomic E-state index is -4.21. The Labute approximate surface area is 182 Å². The van der Waals surface area contributed by atoms with Gasteiger partial charge in [-0.25, -0.2) is 0 Å². The molecule has 2 aromatic rings. The van der Waals surface area contributed by atoms with Crippen LogP contribution < -0.4 is 4.74 Å². The first-order valence-electron chi connectivity index (χ1n) is 11.5. The third kappa shape index (κ3) is 8.27. The topological polar surface area (TPSA) is 63.6 Å². The Bertz CT molecular complexity index is 874. The summed E-state index contributed by atoms with van der Waals surface area (Å²) in [5.41, 5.74) is 1.14. The summed E-state index contributed by atoms with van der Waals surface area (Å²) < 4.78 is 37.7. The second kappa shape index (κ2) is 13.0. The van der Waals surface area contributed by atoms with E-state index in [0.717, 1.165) is 34.9 Å². The Morgan fingerprint density at radius 1 is 0.800 bits per heavy atom. The lowest BCUT2D eigenvalue weighted by molar-refractivity contribution is 0.419. The fourth-order valence-corrected chi connectivity index (χ4v) is 4.53. The van der Waals surface area contributed by atoms with E-state index in [0.29, 0.717) is 0 Å². The fourth-order valence-electron chi connectivity index (χ4n) is 4.02. The summed E-state index contributed by atoms with van der Waals surface area (Å²) in [6, 6.07) is 8.65. The lowest BCUT2D eigenvalue weighted by Gasteiger charge is -2.10. The van der Waals surface area contributed by atoms with Gasteiger partial charge in [0.15, 0.2) is 0 Å². The van der Waals surface area contributed by atoms with Crippen LogP contribution in [0, 0.1) is 0 Å². The molecule has 0 aliphatic carbocycles. The minimum Gasteiger partial charge on any atom is -0.496 e. The predicted molar refractivity (Wildman–Crippen MR) is 125 cm³/mol. The second-order valence-electron chi connectivity index (χ2n) is 8.30. The van der Waals surface area contributed by atoms with Crippen LogP contribution in [0.15, 0.2) is 35.2 Å². The molecule has 30 heavy (non-hydrogen) atoms. The first kappa shape index (κ1) is 24.7. The summed E-state index contributed by atoms with van der Waals surface area (Å²) in [7, 11) is -2.58. The van der Waals surface area contributed by atoms with Crippen molar-refractivity contribution in [2.75, 3.05) is 7.11 Å². The summed E-state index contributed by atoms with van der Waals surface area (Å²) in [5, 5.41) is 1.63. The monoisotopic (exact) mass is 434 g/mol. The van der Waals surface area contributed by atoms with Crippen molar-refractivity contribution in [3.63, 3.8) is 0 Å². The molecule has 2 aromatic carbocycles. The van der Waals surface area contributed by atoms with Gasteiger partial charge in [0.25, 0.3) is 10.1 Å². The van der Waals surface area contributed by atoms with Gasteiger partial charge in [-0.15, -0.1) is 0 Å². The molecule has 0 aliphatic heterocycles. The van der Waals surface area contributed by atoms with Gasteiger partial charge in [-0.3, -0.25) is 4.55 Å². The van der Waals surface area contributed by atoms with E-state index in [-0.39, 0.29) is 4.90 Å². The molecular weight excluding hydrogens is 396 g/mol. The molecule has 0 saturated heterocycles. The Morgan fingerprint density at radius 3 is 1.90 bits per heavy atom. The number of hydrogen-bond acceptors (Lipinski definition) is 3. The summed E-state index contributed by atoms with van der Waals surface area (Å²) in [6.07, 6.45) is 16.8. The number of hydrogen-bond donors (Lipinski definition) is 1. The van der Waals surface area contributed by atoms with E-state index in [4.69, 9.17) is 4.74 Å². The van der Waals surface area contributed by atoms with Crippen LogP contribution in [-0.2, 0) is 16.5 Å². The first-order valence-corrected chi connectivity index (χ1v) is 13.0. The van der Waals surface area contributed by atoms with Crippen molar-refractivity contribution in [1.29, 1.82) is 0 Å². The van der Waals surface area contributed by atoms with E-state index in [1.807, 2.05) is 12.1 Å². The smallest absolute Gasteiger partial charge is 0.294 e. The van der Waals surface area contributed by atoms with Gasteiger partial charge in [0.1, 0.15) is 5.75 Å². The van der Waals surface area contributed by atoms with Gasteiger partial charge in [0.2, 0.25) is 0 Å². The van der Waals surface area contributed by atoms with E-state index >= 15 is 0 Å². The van der Waals surface area contributed by atoms with Crippen LogP contribution in [0.2, 0.25) is 0 Å². The molecule has 2 rings (SSSR count). The third-order valence-electron chi connectivity index (χ3n) is 5.78. The van der Waals surface area contributed by atoms with Gasteiger partial charge < -0.3 is 4.74 Å². The van der Waals surface area contributed by atoms with Crippen LogP contribution in [0.3, 0.4) is 0 Å². The van der Waals surface area contributed by atoms with Crippen molar-refractivity contribution in [1.82, 2.24) is 0 Å². The van der Waals surface area contributed by atoms with E-state index < -0.39 is 10.1 Å². The maximum atomic E-state index is 11.4. The van der Waals surface area contributed by atoms with Gasteiger partial charge in [0.05, 0.1) is 12.0 Å². The van der Waals surface area contributed by atoms with Gasteiger partial charge in [0, 0.05) is 5.39 Å². The van der Waals surface area contributed by atoms with E-state index in [1.165, 1.54) is 82.8 Å². The minimum absolute atomic E-state index is 0.0837. The Morgan fingerprint density at radius 2 is 1.37 bits per heavy atom. The van der Waals surface area contributed by atoms with Crippen molar-refractivity contribution in [2.24, 2.45) is 0 Å². The van der Waals surface area contributed by atoms with E-state index in [1.54, 1.807) is 13.2 Å². The SMILES string of the molecule is CCCCCCCCCCCCCCc1cc(OC)c2ccc(S(=O)(=O)O)cc2c1. The highest BCUT2D eigenvalue weighted by Crippen LogP contribution is 2.30. The number of aryl methyl sites for hydroxylation is 1. The van der Waals surface area contributed by atoms with Crippen LogP contribution in [0.25, 0.3) is 10.8 Å². The third-order valence-corrected chi connectivity index (χ3v) is 6.63. The van der Waals surface area contributed by atoms with Crippen LogP contribution in [0.5, 0.6) is 5.75 Å². The van der Waals surface area contributed by atoms with Crippen LogP contribution in [-0.4, -0.2) is 20.1 Å².